The van der Waals surface area contributed by atoms with Gasteiger partial charge in [-0.05, 0) is 75.6 Å². The fourth-order valence-corrected chi connectivity index (χ4v) is 3.83. The molecule has 7 nitrogen and oxygen atoms in total. The van der Waals surface area contributed by atoms with Crippen LogP contribution in [-0.4, -0.2) is 28.7 Å². The second-order valence-electron chi connectivity index (χ2n) is 9.27. The van der Waals surface area contributed by atoms with Gasteiger partial charge in [0.15, 0.2) is 0 Å². The Hall–Kier alpha value is -4.00. The summed E-state index contributed by atoms with van der Waals surface area (Å²) >= 11 is 0. The van der Waals surface area contributed by atoms with Crippen LogP contribution >= 0.6 is 0 Å². The Kier molecular flexibility index (Phi) is 8.95. The molecule has 0 radical (unpaired) electrons. The minimum Gasteiger partial charge on any atom is -0.352 e. The van der Waals surface area contributed by atoms with E-state index in [0.29, 0.717) is 17.1 Å². The van der Waals surface area contributed by atoms with Crippen molar-refractivity contribution in [1.29, 1.82) is 0 Å². The fraction of sp³-hybridized carbons (Fsp3) is 0.310. The number of aromatic nitrogens is 1. The number of carbonyl (C=O) groups excluding carboxylic acids is 3. The van der Waals surface area contributed by atoms with E-state index < -0.39 is 6.04 Å². The van der Waals surface area contributed by atoms with Crippen LogP contribution in [0.15, 0.2) is 66.9 Å². The molecule has 36 heavy (non-hydrogen) atoms. The van der Waals surface area contributed by atoms with E-state index in [1.54, 1.807) is 24.4 Å². The van der Waals surface area contributed by atoms with Crippen molar-refractivity contribution in [3.63, 3.8) is 0 Å². The lowest BCUT2D eigenvalue weighted by atomic mass is 9.99. The maximum absolute atomic E-state index is 13.7. The van der Waals surface area contributed by atoms with Gasteiger partial charge in [0.2, 0.25) is 17.7 Å². The molecular weight excluding hydrogens is 452 g/mol. The second kappa shape index (κ2) is 12.1. The quantitative estimate of drug-likeness (QED) is 0.444. The molecule has 2 N–H and O–H groups in total. The predicted octanol–water partition coefficient (Wildman–Crippen LogP) is 5.02. The summed E-state index contributed by atoms with van der Waals surface area (Å²) in [6.07, 6.45) is 1.48. The standard InChI is InChI=1S/C29H34N4O3/c1-19(2)31-29(36)28(23-12-9-20(3)10-13-23)33(24-14-11-21(4)22(5)18-24)27(35)16-15-26(34)32-25-8-6-7-17-30-25/h6-14,17-19,28H,15-16H2,1-5H3,(H,31,36)(H,30,32,34). The van der Waals surface area contributed by atoms with Gasteiger partial charge >= 0.3 is 0 Å². The minimum atomic E-state index is -0.888. The first-order valence-electron chi connectivity index (χ1n) is 12.1. The molecule has 0 spiro atoms. The van der Waals surface area contributed by atoms with Crippen LogP contribution in [0, 0.1) is 20.8 Å². The Morgan fingerprint density at radius 3 is 2.22 bits per heavy atom. The monoisotopic (exact) mass is 486 g/mol. The van der Waals surface area contributed by atoms with Crippen molar-refractivity contribution in [3.05, 3.63) is 89.1 Å². The molecule has 2 aromatic carbocycles. The number of nitrogens with one attached hydrogen (secondary N) is 2. The normalized spacial score (nSPS) is 11.6. The van der Waals surface area contributed by atoms with Crippen LogP contribution in [0.1, 0.15) is 55.0 Å². The summed E-state index contributed by atoms with van der Waals surface area (Å²) in [7, 11) is 0. The molecule has 3 rings (SSSR count). The van der Waals surface area contributed by atoms with Crippen LogP contribution in [-0.2, 0) is 14.4 Å². The molecule has 0 fully saturated rings. The molecule has 3 aromatic rings. The Morgan fingerprint density at radius 1 is 0.889 bits per heavy atom. The average Bonchev–Trinajstić information content (AvgIpc) is 2.84. The van der Waals surface area contributed by atoms with Crippen molar-refractivity contribution in [3.8, 4) is 0 Å². The number of nitrogens with zero attached hydrogens (tertiary/aromatic N) is 2. The summed E-state index contributed by atoms with van der Waals surface area (Å²) in [5.74, 6) is -0.493. The van der Waals surface area contributed by atoms with Crippen LogP contribution in [0.25, 0.3) is 0 Å². The number of hydrogen-bond donors (Lipinski definition) is 2. The highest BCUT2D eigenvalue weighted by Crippen LogP contribution is 2.31. The third kappa shape index (κ3) is 7.01. The van der Waals surface area contributed by atoms with Gasteiger partial charge in [-0.15, -0.1) is 0 Å². The largest absolute Gasteiger partial charge is 0.352 e. The third-order valence-corrected chi connectivity index (χ3v) is 5.87. The highest BCUT2D eigenvalue weighted by molar-refractivity contribution is 6.03. The van der Waals surface area contributed by atoms with E-state index >= 15 is 0 Å². The number of rotatable bonds is 9. The zero-order valence-corrected chi connectivity index (χ0v) is 21.5. The van der Waals surface area contributed by atoms with E-state index in [9.17, 15) is 14.4 Å². The number of hydrogen-bond acceptors (Lipinski definition) is 4. The topological polar surface area (TPSA) is 91.4 Å². The van der Waals surface area contributed by atoms with Gasteiger partial charge < -0.3 is 10.6 Å². The van der Waals surface area contributed by atoms with E-state index in [0.717, 1.165) is 16.7 Å². The van der Waals surface area contributed by atoms with Crippen molar-refractivity contribution in [1.82, 2.24) is 10.3 Å². The molecule has 0 aliphatic heterocycles. The zero-order valence-electron chi connectivity index (χ0n) is 21.5. The highest BCUT2D eigenvalue weighted by Gasteiger charge is 2.33. The fourth-order valence-electron chi connectivity index (χ4n) is 3.83. The molecule has 1 heterocycles. The van der Waals surface area contributed by atoms with Gasteiger partial charge in [0, 0.05) is 30.8 Å². The van der Waals surface area contributed by atoms with Gasteiger partial charge in [-0.1, -0.05) is 42.0 Å². The zero-order chi connectivity index (χ0) is 26.2. The van der Waals surface area contributed by atoms with Gasteiger partial charge in [0.25, 0.3) is 0 Å². The molecule has 1 aromatic heterocycles. The minimum absolute atomic E-state index is 0.0385. The summed E-state index contributed by atoms with van der Waals surface area (Å²) < 4.78 is 0. The second-order valence-corrected chi connectivity index (χ2v) is 9.27. The summed E-state index contributed by atoms with van der Waals surface area (Å²) in [5, 5.41) is 5.67. The molecule has 0 aliphatic carbocycles. The Labute approximate surface area is 212 Å². The van der Waals surface area contributed by atoms with Crippen LogP contribution in [0.4, 0.5) is 11.5 Å². The highest BCUT2D eigenvalue weighted by atomic mass is 16.2. The average molecular weight is 487 g/mol. The van der Waals surface area contributed by atoms with Crippen molar-refractivity contribution in [2.45, 2.75) is 59.5 Å². The van der Waals surface area contributed by atoms with Gasteiger partial charge in [-0.3, -0.25) is 19.3 Å². The molecule has 0 bridgehead atoms. The Bertz CT molecular complexity index is 1210. The maximum atomic E-state index is 13.7. The number of pyridine rings is 1. The number of carbonyl (C=O) groups is 3. The molecule has 0 saturated heterocycles. The number of anilines is 2. The summed E-state index contributed by atoms with van der Waals surface area (Å²) in [4.78, 5) is 45.4. The molecule has 188 valence electrons. The summed E-state index contributed by atoms with van der Waals surface area (Å²) in [5.41, 5.74) is 4.45. The number of amides is 3. The lowest BCUT2D eigenvalue weighted by Gasteiger charge is -2.32. The van der Waals surface area contributed by atoms with E-state index in [2.05, 4.69) is 15.6 Å². The first kappa shape index (κ1) is 26.6. The molecule has 7 heteroatoms. The van der Waals surface area contributed by atoms with Crippen LogP contribution in [0.2, 0.25) is 0 Å². The van der Waals surface area contributed by atoms with Crippen LogP contribution in [0.3, 0.4) is 0 Å². The molecule has 0 aliphatic rings. The lowest BCUT2D eigenvalue weighted by molar-refractivity contribution is -0.127. The Morgan fingerprint density at radius 2 is 1.61 bits per heavy atom. The van der Waals surface area contributed by atoms with Crippen LogP contribution < -0.4 is 15.5 Å². The Balaban J connectivity index is 1.96. The van der Waals surface area contributed by atoms with Crippen molar-refractivity contribution in [2.24, 2.45) is 0 Å². The summed E-state index contributed by atoms with van der Waals surface area (Å²) in [6.45, 7) is 9.70. The first-order chi connectivity index (χ1) is 17.2. The molecule has 1 atom stereocenters. The lowest BCUT2D eigenvalue weighted by Crippen LogP contribution is -2.46. The van der Waals surface area contributed by atoms with Gasteiger partial charge in [-0.2, -0.15) is 0 Å². The van der Waals surface area contributed by atoms with Crippen molar-refractivity contribution in [2.75, 3.05) is 10.2 Å². The van der Waals surface area contributed by atoms with E-state index in [1.807, 2.05) is 77.1 Å². The van der Waals surface area contributed by atoms with Crippen LogP contribution in [0.5, 0.6) is 0 Å². The van der Waals surface area contributed by atoms with E-state index in [-0.39, 0.29) is 36.6 Å². The van der Waals surface area contributed by atoms with Crippen molar-refractivity contribution < 1.29 is 14.4 Å². The van der Waals surface area contributed by atoms with E-state index in [1.165, 1.54) is 4.90 Å². The maximum Gasteiger partial charge on any atom is 0.248 e. The number of benzene rings is 2. The smallest absolute Gasteiger partial charge is 0.248 e. The first-order valence-corrected chi connectivity index (χ1v) is 12.1. The number of aryl methyl sites for hydroxylation is 3. The molecule has 1 unspecified atom stereocenters. The van der Waals surface area contributed by atoms with Crippen molar-refractivity contribution >= 4 is 29.2 Å². The van der Waals surface area contributed by atoms with Gasteiger partial charge in [-0.25, -0.2) is 4.98 Å². The van der Waals surface area contributed by atoms with Gasteiger partial charge in [0.05, 0.1) is 0 Å². The molecule has 0 saturated carbocycles. The molecule has 3 amide bonds. The SMILES string of the molecule is Cc1ccc(C(C(=O)NC(C)C)N(C(=O)CCC(=O)Nc2ccccn2)c2ccc(C)c(C)c2)cc1. The van der Waals surface area contributed by atoms with Gasteiger partial charge in [0.1, 0.15) is 11.9 Å². The van der Waals surface area contributed by atoms with E-state index in [4.69, 9.17) is 0 Å². The summed E-state index contributed by atoms with van der Waals surface area (Å²) in [6, 6.07) is 17.5. The molecular formula is C29H34N4O3. The third-order valence-electron chi connectivity index (χ3n) is 5.87. The predicted molar refractivity (Wildman–Crippen MR) is 143 cm³/mol.